The van der Waals surface area contributed by atoms with Crippen LogP contribution in [-0.2, 0) is 22.4 Å². The minimum Gasteiger partial charge on any atom is -0.308 e. The fraction of sp³-hybridized carbons (Fsp3) is 0.348. The Morgan fingerprint density at radius 2 is 1.27 bits per heavy atom. The molecule has 2 amide bonds. The third kappa shape index (κ3) is 8.23. The summed E-state index contributed by atoms with van der Waals surface area (Å²) in [5.41, 5.74) is 3.48. The van der Waals surface area contributed by atoms with Gasteiger partial charge < -0.3 is 10.6 Å². The summed E-state index contributed by atoms with van der Waals surface area (Å²) < 4.78 is 0. The first-order chi connectivity index (χ1) is 14.5. The molecular weight excluding hydrogens is 380 g/mol. The molecule has 156 valence electrons. The Hall–Kier alpha value is -3.53. The summed E-state index contributed by atoms with van der Waals surface area (Å²) in [4.78, 5) is 40.3. The molecule has 0 saturated heterocycles. The number of carbonyl (C=O) groups is 1. The number of isocyanates is 2. The first-order valence-electron chi connectivity index (χ1n) is 9.90. The van der Waals surface area contributed by atoms with Crippen LogP contribution in [0.2, 0.25) is 0 Å². The van der Waals surface area contributed by atoms with E-state index in [0.29, 0.717) is 11.4 Å². The maximum Gasteiger partial charge on any atom is 0.323 e. The molecule has 0 aliphatic carbocycles. The lowest BCUT2D eigenvalue weighted by molar-refractivity contribution is 0.262. The molecule has 2 rings (SSSR count). The van der Waals surface area contributed by atoms with Gasteiger partial charge in [-0.05, 0) is 74.9 Å². The number of nitrogens with zero attached hydrogens (tertiary/aromatic N) is 2. The van der Waals surface area contributed by atoms with Gasteiger partial charge in [0.2, 0.25) is 12.2 Å². The fourth-order valence-corrected chi connectivity index (χ4v) is 2.96. The monoisotopic (exact) mass is 406 g/mol. The predicted octanol–water partition coefficient (Wildman–Crippen LogP) is 4.64. The summed E-state index contributed by atoms with van der Waals surface area (Å²) in [5, 5.41) is 5.67. The summed E-state index contributed by atoms with van der Waals surface area (Å²) >= 11 is 0. The molecule has 2 aromatic rings. The molecule has 0 aliphatic heterocycles. The molecule has 30 heavy (non-hydrogen) atoms. The minimum atomic E-state index is -0.331. The third-order valence-electron chi connectivity index (χ3n) is 4.62. The highest BCUT2D eigenvalue weighted by Gasteiger charge is 2.06. The fourth-order valence-electron chi connectivity index (χ4n) is 2.96. The lowest BCUT2D eigenvalue weighted by atomic mass is 10.1. The number of hydrogen-bond donors (Lipinski definition) is 2. The van der Waals surface area contributed by atoms with Crippen molar-refractivity contribution in [3.8, 4) is 0 Å². The maximum absolute atomic E-state index is 12.4. The molecule has 0 bridgehead atoms. The van der Waals surface area contributed by atoms with Gasteiger partial charge in [0.05, 0.1) is 12.1 Å². The van der Waals surface area contributed by atoms with Crippen LogP contribution in [0.25, 0.3) is 0 Å². The molecule has 0 radical (unpaired) electrons. The standard InChI is InChI=1S/C23H26N4O3/c1-17(24-15-28)9-11-19-5-3-7-21(13-19)26-23(30)27-22-8-4-6-20(14-22)12-10-18(2)25-16-29/h3-8,13-14,17-18H,9-12H2,1-2H3,(H2,26,27,30). The highest BCUT2D eigenvalue weighted by molar-refractivity contribution is 5.99. The zero-order valence-electron chi connectivity index (χ0n) is 17.2. The van der Waals surface area contributed by atoms with E-state index in [1.54, 1.807) is 12.2 Å². The SMILES string of the molecule is CC(CCc1cccc(NC(=O)Nc2cccc(CCC(C)N=C=O)c2)c1)N=C=O. The molecule has 0 aromatic heterocycles. The van der Waals surface area contributed by atoms with Gasteiger partial charge in [-0.25, -0.2) is 24.4 Å². The number of nitrogens with one attached hydrogen (secondary N) is 2. The van der Waals surface area contributed by atoms with Crippen molar-refractivity contribution in [3.05, 3.63) is 59.7 Å². The summed E-state index contributed by atoms with van der Waals surface area (Å²) in [6, 6.07) is 14.7. The van der Waals surface area contributed by atoms with E-state index in [9.17, 15) is 14.4 Å². The van der Waals surface area contributed by atoms with Gasteiger partial charge in [0.25, 0.3) is 0 Å². The van der Waals surface area contributed by atoms with Crippen molar-refractivity contribution in [2.45, 2.75) is 51.6 Å². The molecule has 2 atom stereocenters. The normalized spacial score (nSPS) is 12.1. The van der Waals surface area contributed by atoms with Gasteiger partial charge in [-0.2, -0.15) is 0 Å². The van der Waals surface area contributed by atoms with Crippen LogP contribution in [0.15, 0.2) is 58.5 Å². The third-order valence-corrected chi connectivity index (χ3v) is 4.62. The Balaban J connectivity index is 1.91. The molecule has 2 unspecified atom stereocenters. The van der Waals surface area contributed by atoms with E-state index in [4.69, 9.17) is 0 Å². The first-order valence-corrected chi connectivity index (χ1v) is 9.90. The average Bonchev–Trinajstić information content (AvgIpc) is 2.72. The van der Waals surface area contributed by atoms with Crippen LogP contribution in [0.4, 0.5) is 16.2 Å². The predicted molar refractivity (Wildman–Crippen MR) is 117 cm³/mol. The average molecular weight is 406 g/mol. The quantitative estimate of drug-likeness (QED) is 0.444. The van der Waals surface area contributed by atoms with E-state index in [1.165, 1.54) is 0 Å². The molecule has 7 nitrogen and oxygen atoms in total. The van der Waals surface area contributed by atoms with E-state index in [1.807, 2.05) is 62.4 Å². The molecule has 2 aromatic carbocycles. The highest BCUT2D eigenvalue weighted by atomic mass is 16.2. The number of hydrogen-bond acceptors (Lipinski definition) is 5. The van der Waals surface area contributed by atoms with Crippen LogP contribution < -0.4 is 10.6 Å². The second-order valence-corrected chi connectivity index (χ2v) is 7.20. The van der Waals surface area contributed by atoms with E-state index in [-0.39, 0.29) is 18.1 Å². The van der Waals surface area contributed by atoms with Crippen LogP contribution in [-0.4, -0.2) is 30.3 Å². The molecule has 0 saturated carbocycles. The number of carbonyl (C=O) groups excluding carboxylic acids is 3. The van der Waals surface area contributed by atoms with Gasteiger partial charge in [0.15, 0.2) is 0 Å². The Kier molecular flexibility index (Phi) is 9.19. The Labute approximate surface area is 176 Å². The first kappa shape index (κ1) is 22.8. The molecule has 7 heteroatoms. The molecule has 2 N–H and O–H groups in total. The second kappa shape index (κ2) is 12.1. The van der Waals surface area contributed by atoms with Crippen molar-refractivity contribution in [1.29, 1.82) is 0 Å². The smallest absolute Gasteiger partial charge is 0.308 e. The molecular formula is C23H26N4O3. The summed E-state index contributed by atoms with van der Waals surface area (Å²) in [7, 11) is 0. The topological polar surface area (TPSA) is 100.0 Å². The number of benzene rings is 2. The van der Waals surface area contributed by atoms with E-state index in [0.717, 1.165) is 36.8 Å². The molecule has 0 heterocycles. The van der Waals surface area contributed by atoms with Gasteiger partial charge in [-0.1, -0.05) is 24.3 Å². The van der Waals surface area contributed by atoms with Crippen LogP contribution in [0.5, 0.6) is 0 Å². The van der Waals surface area contributed by atoms with Crippen molar-refractivity contribution in [2.75, 3.05) is 10.6 Å². The van der Waals surface area contributed by atoms with Crippen molar-refractivity contribution in [2.24, 2.45) is 9.98 Å². The summed E-state index contributed by atoms with van der Waals surface area (Å²) in [6.07, 6.45) is 6.11. The lowest BCUT2D eigenvalue weighted by Crippen LogP contribution is -2.19. The van der Waals surface area contributed by atoms with Crippen molar-refractivity contribution in [3.63, 3.8) is 0 Å². The highest BCUT2D eigenvalue weighted by Crippen LogP contribution is 2.16. The number of rotatable bonds is 10. The maximum atomic E-state index is 12.4. The van der Waals surface area contributed by atoms with Crippen LogP contribution in [0.3, 0.4) is 0 Å². The van der Waals surface area contributed by atoms with Gasteiger partial charge in [0.1, 0.15) is 0 Å². The second-order valence-electron chi connectivity index (χ2n) is 7.20. The zero-order valence-corrected chi connectivity index (χ0v) is 17.2. The Morgan fingerprint density at radius 3 is 1.67 bits per heavy atom. The minimum absolute atomic E-state index is 0.0806. The Bertz CT molecular complexity index is 871. The molecule has 0 spiro atoms. The largest absolute Gasteiger partial charge is 0.323 e. The van der Waals surface area contributed by atoms with Gasteiger partial charge >= 0.3 is 6.03 Å². The van der Waals surface area contributed by atoms with Crippen molar-refractivity contribution >= 4 is 29.6 Å². The number of aryl methyl sites for hydroxylation is 2. The van der Waals surface area contributed by atoms with E-state index >= 15 is 0 Å². The number of amides is 2. The molecule has 0 aliphatic rings. The number of urea groups is 1. The number of aliphatic imine (C=N–C) groups is 2. The van der Waals surface area contributed by atoms with Crippen LogP contribution in [0, 0.1) is 0 Å². The van der Waals surface area contributed by atoms with Crippen molar-refractivity contribution in [1.82, 2.24) is 0 Å². The van der Waals surface area contributed by atoms with Crippen LogP contribution >= 0.6 is 0 Å². The van der Waals surface area contributed by atoms with Crippen LogP contribution in [0.1, 0.15) is 37.8 Å². The van der Waals surface area contributed by atoms with Gasteiger partial charge in [0, 0.05) is 11.4 Å². The van der Waals surface area contributed by atoms with E-state index < -0.39 is 0 Å². The number of anilines is 2. The molecule has 0 fully saturated rings. The Morgan fingerprint density at radius 1 is 0.833 bits per heavy atom. The summed E-state index contributed by atoms with van der Waals surface area (Å²) in [6.45, 7) is 3.73. The lowest BCUT2D eigenvalue weighted by Gasteiger charge is -2.11. The van der Waals surface area contributed by atoms with Gasteiger partial charge in [-0.3, -0.25) is 0 Å². The van der Waals surface area contributed by atoms with Crippen molar-refractivity contribution < 1.29 is 14.4 Å². The van der Waals surface area contributed by atoms with Gasteiger partial charge in [-0.15, -0.1) is 0 Å². The van der Waals surface area contributed by atoms with E-state index in [2.05, 4.69) is 20.6 Å². The summed E-state index contributed by atoms with van der Waals surface area (Å²) in [5.74, 6) is 0. The zero-order chi connectivity index (χ0) is 21.8.